The van der Waals surface area contributed by atoms with Gasteiger partial charge in [-0.3, -0.25) is 19.2 Å². The van der Waals surface area contributed by atoms with E-state index < -0.39 is 0 Å². The fourth-order valence-electron chi connectivity index (χ4n) is 17.4. The average Bonchev–Trinajstić information content (AvgIpc) is 0.769. The standard InChI is InChI=1S/C29H24N.C27H17N2.2C27H20N.4C5H8O2.4Ir/c1-29(2,3)24-9-6-8-23(19-24)20-11-13-22(14-12-20)28-27-16-15-21-7-4-5-10-25(21)26(27)17-18-30-28;1-18-16-21(11-12-23(18)20-7-5-8-22(17-20)28-2)27-26-13-10-19-6-3-4-9-24(19)25(26)14-15-29-27;1-18-16-22(17-19(2)26(18)21-9-4-3-5-10-21)27-25-13-12-20-8-6-7-11-23(20)24(25)14-15-28-27;1-18-7-9-21(10-8-18)23-13-12-22(17-19(23)2)27-26-14-11-20-5-3-4-6-24(20)25(26)15-16-28-27;4*1-4(6)3-5(2)7;;;;/h4-13,15-19H,1-3H3;3-10,12-17H,1H3;3-16H,1-2H3;3-11,13-17H,1-2H3;4*3,6H,1-2H3;;;;/q4*-1;;;;;;;;/p+4. The van der Waals surface area contributed by atoms with Gasteiger partial charge in [0.2, 0.25) is 0 Å². The van der Waals surface area contributed by atoms with Crippen LogP contribution in [0.25, 0.3) is 181 Å². The average molecular weight is 2650 g/mol. The van der Waals surface area contributed by atoms with Crippen molar-refractivity contribution < 1.29 is 120 Å². The quantitative estimate of drug-likeness (QED) is 0.0302. The molecule has 20 aromatic rings. The molecule has 0 aliphatic rings. The zero-order chi connectivity index (χ0) is 102. The van der Waals surface area contributed by atoms with Gasteiger partial charge in [0.25, 0.3) is 0 Å². The molecule has 746 valence electrons. The second kappa shape index (κ2) is 54.3. The first-order valence-electron chi connectivity index (χ1n) is 47.2. The molecule has 16 aromatic carbocycles. The second-order valence-electron chi connectivity index (χ2n) is 36.3. The number of allylic oxidation sites excluding steroid dienone is 8. The predicted molar refractivity (Wildman–Crippen MR) is 600 cm³/mol. The monoisotopic (exact) mass is 2650 g/mol. The van der Waals surface area contributed by atoms with Crippen molar-refractivity contribution in [3.63, 3.8) is 0 Å². The Morgan fingerprint density at radius 2 is 0.633 bits per heavy atom. The molecule has 0 amide bonds. The summed E-state index contributed by atoms with van der Waals surface area (Å²) >= 11 is 0. The maximum absolute atomic E-state index is 8.40. The number of benzene rings is 16. The van der Waals surface area contributed by atoms with Crippen LogP contribution in [0.5, 0.6) is 0 Å². The number of hydrogen-bond acceptors (Lipinski definition) is 8. The Balaban J connectivity index is 0.000000198. The first kappa shape index (κ1) is 116. The van der Waals surface area contributed by atoms with Gasteiger partial charge in [0.15, 0.2) is 5.69 Å². The summed E-state index contributed by atoms with van der Waals surface area (Å²) in [6.07, 6.45) is 12.7. The largest absolute Gasteiger partial charge is 0.512 e. The van der Waals surface area contributed by atoms with Crippen molar-refractivity contribution in [2.45, 2.75) is 116 Å². The van der Waals surface area contributed by atoms with Crippen LogP contribution in [0.1, 0.15) is 110 Å². The number of aryl methyl sites for hydroxylation is 5. The molecule has 0 atom stereocenters. The molecule has 17 heteroatoms. The van der Waals surface area contributed by atoms with Gasteiger partial charge in [-0.2, -0.15) is 0 Å². The van der Waals surface area contributed by atoms with Crippen LogP contribution in [-0.4, -0.2) is 82.7 Å². The van der Waals surface area contributed by atoms with Gasteiger partial charge in [-0.25, -0.2) is 4.85 Å². The van der Waals surface area contributed by atoms with E-state index in [2.05, 4.69) is 381 Å². The van der Waals surface area contributed by atoms with Gasteiger partial charge in [0, 0.05) is 105 Å². The third kappa shape index (κ3) is 30.6. The molecule has 8 N–H and O–H groups in total. The van der Waals surface area contributed by atoms with Crippen LogP contribution < -0.4 is 0 Å². The topological polar surface area (TPSA) is 222 Å². The first-order chi connectivity index (χ1) is 68.7. The number of rotatable bonds is 12. The molecule has 147 heavy (non-hydrogen) atoms. The minimum Gasteiger partial charge on any atom is -0.512 e. The molecular weight excluding hydrogens is 2530 g/mol. The van der Waals surface area contributed by atoms with Crippen LogP contribution in [0.3, 0.4) is 0 Å². The number of aliphatic hydroxyl groups excluding tert-OH is 4. The van der Waals surface area contributed by atoms with Crippen LogP contribution in [0, 0.1) is 65.5 Å². The maximum Gasteiger partial charge on any atom is 0.316 e. The number of hydrogen-bond donors (Lipinski definition) is 4. The fraction of sp³-hybridized carbons (Fsp3) is 0.131. The Hall–Kier alpha value is -14.9. The van der Waals surface area contributed by atoms with Crippen molar-refractivity contribution in [2.24, 2.45) is 0 Å². The van der Waals surface area contributed by atoms with Crippen LogP contribution >= 0.6 is 0 Å². The Morgan fingerprint density at radius 1 is 0.299 bits per heavy atom. The molecule has 0 fully saturated rings. The number of ketones is 4. The minimum absolute atomic E-state index is 0. The maximum atomic E-state index is 8.40. The van der Waals surface area contributed by atoms with E-state index in [9.17, 15) is 0 Å². The Labute approximate surface area is 915 Å². The van der Waals surface area contributed by atoms with Crippen LogP contribution in [-0.2, 0) is 85.8 Å². The van der Waals surface area contributed by atoms with E-state index in [0.717, 1.165) is 78.1 Å². The van der Waals surface area contributed by atoms with E-state index >= 15 is 0 Å². The number of nitrogens with zero attached hydrogens (tertiary/aromatic N) is 5. The zero-order valence-corrected chi connectivity index (χ0v) is 94.4. The molecule has 0 spiro atoms. The SMILES string of the molecule is CC(=[OH+])C=C(C)O.CC(=[OH+])C=C(C)O.CC(=[OH+])C=C(C)O.CC(=[OH+])C=C(C)O.CC(C)(C)c1cccc(-c2c[c-]c(-c3nccc4c3ccc3ccccc34)cc2)c1.Cc1[c-]c(-c2nccc3c2ccc2ccccc23)cc(C)c1-c1ccccc1.Cc1ccc(-c2c[c-]c(-c3nccc4c3ccc3ccccc34)cc2C)cc1.[C-]#[N+]c1cccc(-c2c[c-]c(-c3nccc4c3ccc3ccccc34)cc2C)c1.[Ir].[Ir].[Ir].[Ir]. The van der Waals surface area contributed by atoms with Gasteiger partial charge in [-0.1, -0.05) is 347 Å². The van der Waals surface area contributed by atoms with Crippen LogP contribution in [0.4, 0.5) is 5.69 Å². The summed E-state index contributed by atoms with van der Waals surface area (Å²) in [5, 5.41) is 53.1. The minimum atomic E-state index is 0. The van der Waals surface area contributed by atoms with Crippen molar-refractivity contribution in [2.75, 3.05) is 0 Å². The molecule has 4 aromatic heterocycles. The van der Waals surface area contributed by atoms with Gasteiger partial charge >= 0.3 is 23.1 Å². The molecule has 13 nitrogen and oxygen atoms in total. The summed E-state index contributed by atoms with van der Waals surface area (Å²) in [6.45, 7) is 36.7. The molecule has 4 heterocycles. The van der Waals surface area contributed by atoms with E-state index in [1.807, 2.05) is 55.1 Å². The summed E-state index contributed by atoms with van der Waals surface area (Å²) in [5.74, 6) is 1.00. The summed E-state index contributed by atoms with van der Waals surface area (Å²) in [7, 11) is 0. The van der Waals surface area contributed by atoms with Crippen molar-refractivity contribution >= 4 is 115 Å². The van der Waals surface area contributed by atoms with E-state index in [1.54, 1.807) is 0 Å². The summed E-state index contributed by atoms with van der Waals surface area (Å²) < 4.78 is 0. The molecule has 0 bridgehead atoms. The van der Waals surface area contributed by atoms with Gasteiger partial charge in [-0.15, -0.1) is 117 Å². The molecular formula is C130H117Ir4N5O8. The zero-order valence-electron chi connectivity index (χ0n) is 84.9. The van der Waals surface area contributed by atoms with Gasteiger partial charge in [-0.05, 0) is 179 Å². The molecule has 20 rings (SSSR count). The number of aromatic nitrogens is 4. The fourth-order valence-corrected chi connectivity index (χ4v) is 17.4. The Bertz CT molecular complexity index is 8160. The van der Waals surface area contributed by atoms with Crippen LogP contribution in [0.15, 0.2) is 394 Å². The van der Waals surface area contributed by atoms with Crippen LogP contribution in [0.2, 0.25) is 0 Å². The normalized spacial score (nSPS) is 11.0. The molecule has 0 saturated carbocycles. The van der Waals surface area contributed by atoms with Gasteiger partial charge in [0.05, 0.1) is 81.6 Å². The van der Waals surface area contributed by atoms with Crippen molar-refractivity contribution in [1.29, 1.82) is 0 Å². The van der Waals surface area contributed by atoms with E-state index in [4.69, 9.17) is 61.1 Å². The smallest absolute Gasteiger partial charge is 0.316 e. The molecule has 4 radical (unpaired) electrons. The molecule has 0 aliphatic heterocycles. The van der Waals surface area contributed by atoms with Crippen molar-refractivity contribution in [3.8, 4) is 89.5 Å². The third-order valence-corrected chi connectivity index (χ3v) is 23.7. The van der Waals surface area contributed by atoms with Gasteiger partial charge in [0.1, 0.15) is 0 Å². The molecule has 0 saturated heterocycles. The van der Waals surface area contributed by atoms with Gasteiger partial charge < -0.3 is 40.4 Å². The molecule has 0 unspecified atom stereocenters. The molecule has 0 aliphatic carbocycles. The van der Waals surface area contributed by atoms with Crippen molar-refractivity contribution in [1.82, 2.24) is 19.9 Å². The number of aliphatic hydroxyl groups is 4. The third-order valence-electron chi connectivity index (χ3n) is 23.7. The summed E-state index contributed by atoms with van der Waals surface area (Å²) in [6, 6.07) is 126. The number of fused-ring (bicyclic) bond motifs is 12. The summed E-state index contributed by atoms with van der Waals surface area (Å²) in [4.78, 5) is 56.0. The number of carbonyl (C=O) groups excluding carboxylic acids is 4. The van der Waals surface area contributed by atoms with E-state index in [1.165, 1.54) is 211 Å². The number of pyridine rings is 4. The predicted octanol–water partition coefficient (Wildman–Crippen LogP) is 33.5. The second-order valence-corrected chi connectivity index (χ2v) is 36.3. The first-order valence-corrected chi connectivity index (χ1v) is 47.2. The van der Waals surface area contributed by atoms with Crippen molar-refractivity contribution in [3.05, 3.63) is 463 Å². The Kier molecular flexibility index (Phi) is 42.8. The summed E-state index contributed by atoms with van der Waals surface area (Å²) in [5.41, 5.74) is 25.6. The van der Waals surface area contributed by atoms with E-state index in [0.29, 0.717) is 5.69 Å². The van der Waals surface area contributed by atoms with E-state index in [-0.39, 0.29) is 132 Å². The Morgan fingerprint density at radius 3 is 0.980 bits per heavy atom.